The van der Waals surface area contributed by atoms with Gasteiger partial charge in [-0.2, -0.15) is 11.8 Å². The molecule has 0 aromatic carbocycles. The van der Waals surface area contributed by atoms with Crippen LogP contribution in [0, 0.1) is 6.92 Å². The fourth-order valence-corrected chi connectivity index (χ4v) is 4.16. The van der Waals surface area contributed by atoms with Gasteiger partial charge in [-0.15, -0.1) is 0 Å². The second-order valence-corrected chi connectivity index (χ2v) is 6.62. The van der Waals surface area contributed by atoms with Gasteiger partial charge in [0.1, 0.15) is 4.88 Å². The molecular weight excluding hydrogens is 268 g/mol. The molecule has 0 spiro atoms. The summed E-state index contributed by atoms with van der Waals surface area (Å²) >= 11 is 3.13. The Morgan fingerprint density at radius 2 is 2.22 bits per heavy atom. The van der Waals surface area contributed by atoms with E-state index in [2.05, 4.69) is 16.6 Å². The molecule has 1 aromatic heterocycles. The van der Waals surface area contributed by atoms with E-state index in [-0.39, 0.29) is 0 Å². The number of aryl methyl sites for hydroxylation is 1. The molecule has 1 heterocycles. The van der Waals surface area contributed by atoms with E-state index >= 15 is 0 Å². The van der Waals surface area contributed by atoms with Crippen LogP contribution in [0.15, 0.2) is 0 Å². The number of hydrogen-bond acceptors (Lipinski definition) is 5. The Labute approximate surface area is 115 Å². The average molecular weight is 286 g/mol. The smallest absolute Gasteiger partial charge is 0.347 e. The Bertz CT molecular complexity index is 434. The fourth-order valence-electron chi connectivity index (χ4n) is 2.36. The molecule has 100 valence electrons. The Morgan fingerprint density at radius 1 is 1.50 bits per heavy atom. The van der Waals surface area contributed by atoms with E-state index in [0.29, 0.717) is 21.9 Å². The number of aromatic nitrogens is 1. The number of nitrogens with one attached hydrogen (secondary N) is 1. The first-order valence-electron chi connectivity index (χ1n) is 6.12. The first kappa shape index (κ1) is 13.7. The number of aromatic carboxylic acids is 1. The van der Waals surface area contributed by atoms with E-state index in [1.54, 1.807) is 6.92 Å². The molecule has 1 fully saturated rings. The minimum Gasteiger partial charge on any atom is -0.477 e. The van der Waals surface area contributed by atoms with Gasteiger partial charge >= 0.3 is 5.97 Å². The molecule has 0 saturated heterocycles. The van der Waals surface area contributed by atoms with Gasteiger partial charge in [0, 0.05) is 11.3 Å². The van der Waals surface area contributed by atoms with Crippen LogP contribution in [0.5, 0.6) is 0 Å². The molecule has 1 aromatic rings. The molecule has 18 heavy (non-hydrogen) atoms. The van der Waals surface area contributed by atoms with Crippen molar-refractivity contribution in [1.29, 1.82) is 0 Å². The summed E-state index contributed by atoms with van der Waals surface area (Å²) in [5.41, 5.74) is 0.603. The highest BCUT2D eigenvalue weighted by Gasteiger charge is 2.25. The lowest BCUT2D eigenvalue weighted by Gasteiger charge is -2.30. The van der Waals surface area contributed by atoms with E-state index < -0.39 is 5.97 Å². The molecule has 0 amide bonds. The third kappa shape index (κ3) is 2.98. The Kier molecular flexibility index (Phi) is 4.50. The average Bonchev–Trinajstić information content (AvgIpc) is 2.71. The van der Waals surface area contributed by atoms with Crippen LogP contribution < -0.4 is 5.32 Å². The molecule has 1 aliphatic rings. The van der Waals surface area contributed by atoms with Crippen molar-refractivity contribution in [3.63, 3.8) is 0 Å². The summed E-state index contributed by atoms with van der Waals surface area (Å²) in [6, 6.07) is 0.418. The highest BCUT2D eigenvalue weighted by molar-refractivity contribution is 7.99. The van der Waals surface area contributed by atoms with Crippen LogP contribution in [0.2, 0.25) is 0 Å². The van der Waals surface area contributed by atoms with Gasteiger partial charge in [-0.3, -0.25) is 0 Å². The molecule has 2 atom stereocenters. The number of thioether (sulfide) groups is 1. The normalized spacial score (nSPS) is 23.9. The number of nitrogens with zero attached hydrogens (tertiary/aromatic N) is 1. The molecule has 0 radical (unpaired) electrons. The first-order chi connectivity index (χ1) is 8.61. The van der Waals surface area contributed by atoms with Gasteiger partial charge in [0.05, 0.1) is 5.69 Å². The van der Waals surface area contributed by atoms with E-state index in [1.165, 1.54) is 30.6 Å². The molecule has 0 bridgehead atoms. The van der Waals surface area contributed by atoms with Gasteiger partial charge in [0.25, 0.3) is 0 Å². The number of thiazole rings is 1. The summed E-state index contributed by atoms with van der Waals surface area (Å²) in [7, 11) is 0. The number of hydrogen-bond donors (Lipinski definition) is 2. The Morgan fingerprint density at radius 3 is 2.83 bits per heavy atom. The van der Waals surface area contributed by atoms with Gasteiger partial charge in [-0.25, -0.2) is 9.78 Å². The van der Waals surface area contributed by atoms with Gasteiger partial charge in [-0.05, 0) is 26.0 Å². The quantitative estimate of drug-likeness (QED) is 0.889. The van der Waals surface area contributed by atoms with Gasteiger partial charge in [0.2, 0.25) is 0 Å². The van der Waals surface area contributed by atoms with Gasteiger partial charge < -0.3 is 10.4 Å². The van der Waals surface area contributed by atoms with Crippen molar-refractivity contribution in [3.05, 3.63) is 10.6 Å². The largest absolute Gasteiger partial charge is 0.477 e. The molecule has 1 aliphatic carbocycles. The van der Waals surface area contributed by atoms with Crippen molar-refractivity contribution in [3.8, 4) is 0 Å². The Balaban J connectivity index is 2.08. The summed E-state index contributed by atoms with van der Waals surface area (Å²) < 4.78 is 0. The number of rotatable bonds is 4. The second kappa shape index (κ2) is 5.93. The number of anilines is 1. The molecule has 0 aliphatic heterocycles. The summed E-state index contributed by atoms with van der Waals surface area (Å²) in [6.45, 7) is 1.75. The lowest BCUT2D eigenvalue weighted by atomic mass is 9.95. The minimum atomic E-state index is -0.886. The maximum atomic E-state index is 11.0. The van der Waals surface area contributed by atoms with Crippen LogP contribution in [-0.4, -0.2) is 33.6 Å². The zero-order chi connectivity index (χ0) is 13.1. The predicted octanol–water partition coefficient (Wildman–Crippen LogP) is 3.24. The van der Waals surface area contributed by atoms with E-state index in [1.807, 2.05) is 11.8 Å². The van der Waals surface area contributed by atoms with E-state index in [4.69, 9.17) is 5.11 Å². The highest BCUT2D eigenvalue weighted by Crippen LogP contribution is 2.31. The van der Waals surface area contributed by atoms with Crippen LogP contribution in [0.3, 0.4) is 0 Å². The van der Waals surface area contributed by atoms with Crippen molar-refractivity contribution in [1.82, 2.24) is 4.98 Å². The molecule has 4 nitrogen and oxygen atoms in total. The maximum absolute atomic E-state index is 11.0. The number of carboxylic acid groups (broad SMARTS) is 1. The monoisotopic (exact) mass is 286 g/mol. The van der Waals surface area contributed by atoms with Crippen LogP contribution in [0.4, 0.5) is 5.13 Å². The van der Waals surface area contributed by atoms with E-state index in [9.17, 15) is 4.79 Å². The lowest BCUT2D eigenvalue weighted by Crippen LogP contribution is -2.34. The standard InChI is InChI=1S/C12H18N2O2S2/c1-7-10(11(15)16)18-12(13-7)14-8-5-3-4-6-9(8)17-2/h8-9H,3-6H2,1-2H3,(H,13,14)(H,15,16). The van der Waals surface area contributed by atoms with Crippen molar-refractivity contribution in [2.45, 2.75) is 43.9 Å². The van der Waals surface area contributed by atoms with Gasteiger partial charge in [0.15, 0.2) is 5.13 Å². The van der Waals surface area contributed by atoms with Crippen molar-refractivity contribution < 1.29 is 9.90 Å². The Hall–Kier alpha value is -0.750. The van der Waals surface area contributed by atoms with E-state index in [0.717, 1.165) is 11.6 Å². The molecule has 2 unspecified atom stereocenters. The molecule has 6 heteroatoms. The summed E-state index contributed by atoms with van der Waals surface area (Å²) in [6.07, 6.45) is 7.05. The third-order valence-corrected chi connectivity index (χ3v) is 5.55. The first-order valence-corrected chi connectivity index (χ1v) is 8.22. The summed E-state index contributed by atoms with van der Waals surface area (Å²) in [5.74, 6) is -0.886. The summed E-state index contributed by atoms with van der Waals surface area (Å²) in [4.78, 5) is 15.6. The van der Waals surface area contributed by atoms with Crippen LogP contribution in [-0.2, 0) is 0 Å². The number of carboxylic acids is 1. The van der Waals surface area contributed by atoms with Crippen molar-refractivity contribution >= 4 is 34.2 Å². The summed E-state index contributed by atoms with van der Waals surface area (Å²) in [5, 5.41) is 13.8. The minimum absolute atomic E-state index is 0.342. The zero-order valence-electron chi connectivity index (χ0n) is 10.6. The molecule has 2 rings (SSSR count). The third-order valence-electron chi connectivity index (χ3n) is 3.31. The molecule has 1 saturated carbocycles. The van der Waals surface area contributed by atoms with Crippen LogP contribution in [0.1, 0.15) is 41.0 Å². The molecule has 2 N–H and O–H groups in total. The lowest BCUT2D eigenvalue weighted by molar-refractivity contribution is 0.0701. The van der Waals surface area contributed by atoms with Gasteiger partial charge in [-0.1, -0.05) is 24.2 Å². The zero-order valence-corrected chi connectivity index (χ0v) is 12.2. The fraction of sp³-hybridized carbons (Fsp3) is 0.667. The number of carbonyl (C=O) groups is 1. The van der Waals surface area contributed by atoms with Crippen LogP contribution in [0.25, 0.3) is 0 Å². The van der Waals surface area contributed by atoms with Crippen molar-refractivity contribution in [2.75, 3.05) is 11.6 Å². The predicted molar refractivity (Wildman–Crippen MR) is 77.0 cm³/mol. The van der Waals surface area contributed by atoms with Crippen molar-refractivity contribution in [2.24, 2.45) is 0 Å². The topological polar surface area (TPSA) is 62.2 Å². The van der Waals surface area contributed by atoms with Crippen LogP contribution >= 0.6 is 23.1 Å². The maximum Gasteiger partial charge on any atom is 0.347 e. The second-order valence-electron chi connectivity index (χ2n) is 4.55. The molecular formula is C12H18N2O2S2. The SMILES string of the molecule is CSC1CCCCC1Nc1nc(C)c(C(=O)O)s1. The highest BCUT2D eigenvalue weighted by atomic mass is 32.2.